The fraction of sp³-hybridized carbons (Fsp3) is 0.550. The Kier molecular flexibility index (Phi) is 5.43. The molecule has 1 amide bonds. The van der Waals surface area contributed by atoms with Crippen LogP contribution < -0.4 is 0 Å². The van der Waals surface area contributed by atoms with Crippen LogP contribution in [0.2, 0.25) is 0 Å². The number of carbonyl (C=O) groups excluding carboxylic acids is 1. The number of rotatable bonds is 5. The molecule has 0 saturated carbocycles. The summed E-state index contributed by atoms with van der Waals surface area (Å²) < 4.78 is 10.9. The van der Waals surface area contributed by atoms with Crippen LogP contribution in [-0.4, -0.2) is 48.6 Å². The van der Waals surface area contributed by atoms with Crippen LogP contribution in [0.15, 0.2) is 34.9 Å². The van der Waals surface area contributed by atoms with E-state index in [4.69, 9.17) is 9.15 Å². The minimum atomic E-state index is 0.0632. The van der Waals surface area contributed by atoms with Gasteiger partial charge in [-0.05, 0) is 56.5 Å². The number of hydrogen-bond acceptors (Lipinski definition) is 5. The molecule has 4 rings (SSSR count). The number of carbonyl (C=O) groups is 1. The molecule has 0 N–H and O–H groups in total. The Morgan fingerprint density at radius 3 is 2.88 bits per heavy atom. The fourth-order valence-corrected chi connectivity index (χ4v) is 5.25. The van der Waals surface area contributed by atoms with Crippen molar-refractivity contribution in [2.75, 3.05) is 26.8 Å². The molecule has 6 heteroatoms. The number of hydrogen-bond donors (Lipinski definition) is 0. The van der Waals surface area contributed by atoms with Gasteiger partial charge in [0.05, 0.1) is 17.7 Å². The normalized spacial score (nSPS) is 22.0. The molecule has 2 aliphatic heterocycles. The first-order valence-electron chi connectivity index (χ1n) is 9.43. The zero-order chi connectivity index (χ0) is 17.9. The Bertz CT molecular complexity index is 721. The highest BCUT2D eigenvalue weighted by Crippen LogP contribution is 2.39. The summed E-state index contributed by atoms with van der Waals surface area (Å²) in [4.78, 5) is 19.3. The Hall–Kier alpha value is -1.63. The average Bonchev–Trinajstić information content (AvgIpc) is 3.42. The molecule has 0 spiro atoms. The van der Waals surface area contributed by atoms with Crippen LogP contribution >= 0.6 is 11.3 Å². The van der Waals surface area contributed by atoms with Crippen molar-refractivity contribution in [1.82, 2.24) is 9.80 Å². The number of furan rings is 1. The summed E-state index contributed by atoms with van der Waals surface area (Å²) in [5.74, 6) is 0.868. The van der Waals surface area contributed by atoms with Crippen LogP contribution in [0.3, 0.4) is 0 Å². The number of ether oxygens (including phenoxy) is 1. The summed E-state index contributed by atoms with van der Waals surface area (Å²) in [6, 6.07) is 8.97. The summed E-state index contributed by atoms with van der Waals surface area (Å²) in [6.45, 7) is 3.41. The molecule has 2 saturated heterocycles. The monoisotopic (exact) mass is 374 g/mol. The summed E-state index contributed by atoms with van der Waals surface area (Å²) in [7, 11) is 1.83. The van der Waals surface area contributed by atoms with E-state index in [-0.39, 0.29) is 5.91 Å². The van der Waals surface area contributed by atoms with Crippen LogP contribution in [0, 0.1) is 0 Å². The van der Waals surface area contributed by atoms with Crippen molar-refractivity contribution in [3.63, 3.8) is 0 Å². The summed E-state index contributed by atoms with van der Waals surface area (Å²) in [5.41, 5.74) is 0. The van der Waals surface area contributed by atoms with Gasteiger partial charge in [0, 0.05) is 37.2 Å². The second-order valence-corrected chi connectivity index (χ2v) is 8.30. The zero-order valence-corrected chi connectivity index (χ0v) is 16.0. The number of nitrogens with zero attached hydrogens (tertiary/aromatic N) is 2. The number of amides is 1. The van der Waals surface area contributed by atoms with E-state index in [9.17, 15) is 4.79 Å². The lowest BCUT2D eigenvalue weighted by Gasteiger charge is -2.35. The van der Waals surface area contributed by atoms with Crippen molar-refractivity contribution >= 4 is 17.2 Å². The van der Waals surface area contributed by atoms with Crippen molar-refractivity contribution < 1.29 is 13.9 Å². The molecule has 0 aliphatic carbocycles. The molecule has 1 atom stereocenters. The third kappa shape index (κ3) is 3.72. The average molecular weight is 375 g/mol. The Labute approximate surface area is 158 Å². The number of likely N-dealkylation sites (tertiary alicyclic amines) is 1. The van der Waals surface area contributed by atoms with Crippen molar-refractivity contribution in [2.24, 2.45) is 0 Å². The highest BCUT2D eigenvalue weighted by Gasteiger charge is 2.33. The lowest BCUT2D eigenvalue weighted by Crippen LogP contribution is -2.38. The molecule has 2 fully saturated rings. The van der Waals surface area contributed by atoms with Gasteiger partial charge in [0.15, 0.2) is 0 Å². The van der Waals surface area contributed by atoms with Crippen molar-refractivity contribution in [3.05, 3.63) is 46.0 Å². The van der Waals surface area contributed by atoms with E-state index < -0.39 is 0 Å². The minimum absolute atomic E-state index is 0.0632. The Balaban J connectivity index is 1.44. The maximum Gasteiger partial charge on any atom is 0.264 e. The Morgan fingerprint density at radius 2 is 2.12 bits per heavy atom. The van der Waals surface area contributed by atoms with Gasteiger partial charge in [0.25, 0.3) is 5.91 Å². The van der Waals surface area contributed by atoms with Crippen LogP contribution in [0.5, 0.6) is 0 Å². The van der Waals surface area contributed by atoms with Gasteiger partial charge in [0.1, 0.15) is 5.76 Å². The molecule has 0 aromatic carbocycles. The predicted molar refractivity (Wildman–Crippen MR) is 101 cm³/mol. The second-order valence-electron chi connectivity index (χ2n) is 7.18. The van der Waals surface area contributed by atoms with Gasteiger partial charge in [-0.2, -0.15) is 0 Å². The van der Waals surface area contributed by atoms with E-state index in [1.54, 1.807) is 22.5 Å². The SMILES string of the molecule is CN(Cc1ccco1)C(=O)c1ccc(C2CCCN2C2CCOCC2)s1. The van der Waals surface area contributed by atoms with E-state index in [1.807, 2.05) is 25.2 Å². The molecule has 4 heterocycles. The fourth-order valence-electron chi connectivity index (χ4n) is 4.09. The smallest absolute Gasteiger partial charge is 0.264 e. The van der Waals surface area contributed by atoms with Gasteiger partial charge >= 0.3 is 0 Å². The van der Waals surface area contributed by atoms with E-state index in [2.05, 4.69) is 11.0 Å². The summed E-state index contributed by atoms with van der Waals surface area (Å²) >= 11 is 1.65. The molecule has 2 aliphatic rings. The molecule has 0 radical (unpaired) electrons. The van der Waals surface area contributed by atoms with Crippen molar-refractivity contribution in [2.45, 2.75) is 44.3 Å². The van der Waals surface area contributed by atoms with E-state index in [1.165, 1.54) is 17.7 Å². The quantitative estimate of drug-likeness (QED) is 0.796. The second kappa shape index (κ2) is 7.94. The first kappa shape index (κ1) is 17.8. The maximum absolute atomic E-state index is 12.7. The molecule has 2 aromatic rings. The largest absolute Gasteiger partial charge is 0.467 e. The maximum atomic E-state index is 12.7. The van der Waals surface area contributed by atoms with E-state index in [0.29, 0.717) is 18.6 Å². The van der Waals surface area contributed by atoms with Gasteiger partial charge in [-0.3, -0.25) is 9.69 Å². The Morgan fingerprint density at radius 1 is 1.27 bits per heavy atom. The van der Waals surface area contributed by atoms with Gasteiger partial charge in [-0.25, -0.2) is 0 Å². The predicted octanol–water partition coefficient (Wildman–Crippen LogP) is 3.93. The van der Waals surface area contributed by atoms with Crippen molar-refractivity contribution in [3.8, 4) is 0 Å². The van der Waals surface area contributed by atoms with Crippen LogP contribution in [-0.2, 0) is 11.3 Å². The first-order valence-corrected chi connectivity index (χ1v) is 10.2. The molecular formula is C20H26N2O3S. The number of thiophene rings is 1. The van der Waals surface area contributed by atoms with Gasteiger partial charge in [-0.1, -0.05) is 0 Å². The molecule has 140 valence electrons. The molecule has 2 aromatic heterocycles. The molecule has 0 bridgehead atoms. The first-order chi connectivity index (χ1) is 12.7. The van der Waals surface area contributed by atoms with E-state index >= 15 is 0 Å². The van der Waals surface area contributed by atoms with Gasteiger partial charge < -0.3 is 14.1 Å². The summed E-state index contributed by atoms with van der Waals surface area (Å²) in [6.07, 6.45) is 6.32. The summed E-state index contributed by atoms with van der Waals surface area (Å²) in [5, 5.41) is 0. The highest BCUT2D eigenvalue weighted by molar-refractivity contribution is 7.14. The third-order valence-corrected chi connectivity index (χ3v) is 6.61. The van der Waals surface area contributed by atoms with Gasteiger partial charge in [0.2, 0.25) is 0 Å². The minimum Gasteiger partial charge on any atom is -0.467 e. The molecular weight excluding hydrogens is 348 g/mol. The van der Waals surface area contributed by atoms with Gasteiger partial charge in [-0.15, -0.1) is 11.3 Å². The third-order valence-electron chi connectivity index (χ3n) is 5.44. The lowest BCUT2D eigenvalue weighted by atomic mass is 10.1. The topological polar surface area (TPSA) is 45.9 Å². The van der Waals surface area contributed by atoms with E-state index in [0.717, 1.165) is 43.2 Å². The molecule has 1 unspecified atom stereocenters. The zero-order valence-electron chi connectivity index (χ0n) is 15.2. The highest BCUT2D eigenvalue weighted by atomic mass is 32.1. The standard InChI is InChI=1S/C20H26N2O3S/c1-21(14-16-4-3-11-25-16)20(23)19-7-6-18(26-19)17-5-2-10-22(17)15-8-12-24-13-9-15/h3-4,6-7,11,15,17H,2,5,8-10,12-14H2,1H3. The van der Waals surface area contributed by atoms with Crippen molar-refractivity contribution in [1.29, 1.82) is 0 Å². The van der Waals surface area contributed by atoms with Crippen LogP contribution in [0.4, 0.5) is 0 Å². The van der Waals surface area contributed by atoms with Crippen LogP contribution in [0.1, 0.15) is 52.0 Å². The molecule has 26 heavy (non-hydrogen) atoms. The van der Waals surface area contributed by atoms with Crippen LogP contribution in [0.25, 0.3) is 0 Å². The lowest BCUT2D eigenvalue weighted by molar-refractivity contribution is 0.0295. The molecule has 5 nitrogen and oxygen atoms in total.